The number of hydrogen-bond donors (Lipinski definition) is 0. The molecular formula is C16H27FO. The Kier molecular flexibility index (Phi) is 4.80. The number of ketones is 1. The fraction of sp³-hybridized carbons (Fsp3) is 0.938. The zero-order valence-corrected chi connectivity index (χ0v) is 11.7. The van der Waals surface area contributed by atoms with Crippen molar-refractivity contribution >= 4 is 5.78 Å². The van der Waals surface area contributed by atoms with Gasteiger partial charge in [-0.15, -0.1) is 0 Å². The van der Waals surface area contributed by atoms with Gasteiger partial charge in [-0.05, 0) is 32.1 Å². The molecule has 1 nitrogen and oxygen atoms in total. The molecule has 0 spiro atoms. The number of carbonyl (C=O) groups excluding carboxylic acids is 1. The summed E-state index contributed by atoms with van der Waals surface area (Å²) in [5.74, 6) is 0.367. The van der Waals surface area contributed by atoms with Crippen LogP contribution in [0.1, 0.15) is 77.6 Å². The van der Waals surface area contributed by atoms with Crippen LogP contribution in [0.2, 0.25) is 0 Å². The predicted molar refractivity (Wildman–Crippen MR) is 72.3 cm³/mol. The van der Waals surface area contributed by atoms with Crippen molar-refractivity contribution in [2.45, 2.75) is 83.2 Å². The minimum absolute atomic E-state index is 0.0114. The fourth-order valence-electron chi connectivity index (χ4n) is 3.82. The zero-order valence-electron chi connectivity index (χ0n) is 11.7. The van der Waals surface area contributed by atoms with Crippen molar-refractivity contribution in [2.75, 3.05) is 0 Å². The van der Waals surface area contributed by atoms with E-state index in [1.807, 2.05) is 0 Å². The van der Waals surface area contributed by atoms with Gasteiger partial charge in [0.25, 0.3) is 0 Å². The smallest absolute Gasteiger partial charge is 0.172 e. The molecule has 0 N–H and O–H groups in total. The summed E-state index contributed by atoms with van der Waals surface area (Å²) in [4.78, 5) is 12.3. The second-order valence-corrected chi connectivity index (χ2v) is 6.60. The maximum absolute atomic E-state index is 14.7. The highest BCUT2D eigenvalue weighted by Crippen LogP contribution is 2.36. The summed E-state index contributed by atoms with van der Waals surface area (Å²) in [6, 6.07) is 0. The van der Waals surface area contributed by atoms with Crippen LogP contribution in [0, 0.1) is 11.8 Å². The first kappa shape index (κ1) is 14.0. The highest BCUT2D eigenvalue weighted by atomic mass is 19.1. The summed E-state index contributed by atoms with van der Waals surface area (Å²) >= 11 is 0. The van der Waals surface area contributed by atoms with Gasteiger partial charge in [-0.2, -0.15) is 0 Å². The van der Waals surface area contributed by atoms with E-state index in [0.29, 0.717) is 12.3 Å². The lowest BCUT2D eigenvalue weighted by atomic mass is 9.75. The van der Waals surface area contributed by atoms with Gasteiger partial charge in [0.1, 0.15) is 0 Å². The van der Waals surface area contributed by atoms with Crippen molar-refractivity contribution in [3.8, 4) is 0 Å². The fourth-order valence-corrected chi connectivity index (χ4v) is 3.82. The molecule has 0 bridgehead atoms. The predicted octanol–water partition coefficient (Wildman–Crippen LogP) is 4.83. The van der Waals surface area contributed by atoms with Crippen LogP contribution in [-0.4, -0.2) is 11.5 Å². The summed E-state index contributed by atoms with van der Waals surface area (Å²) in [7, 11) is 0. The lowest BCUT2D eigenvalue weighted by Crippen LogP contribution is -2.38. The molecule has 2 saturated carbocycles. The highest BCUT2D eigenvalue weighted by molar-refractivity contribution is 5.89. The minimum atomic E-state index is -1.57. The topological polar surface area (TPSA) is 17.1 Å². The summed E-state index contributed by atoms with van der Waals surface area (Å²) < 4.78 is 14.7. The van der Waals surface area contributed by atoms with Crippen LogP contribution in [-0.2, 0) is 4.79 Å². The van der Waals surface area contributed by atoms with Gasteiger partial charge in [0.2, 0.25) is 0 Å². The average molecular weight is 254 g/mol. The average Bonchev–Trinajstić information content (AvgIpc) is 2.39. The largest absolute Gasteiger partial charge is 0.296 e. The van der Waals surface area contributed by atoms with E-state index in [0.717, 1.165) is 38.5 Å². The van der Waals surface area contributed by atoms with Gasteiger partial charge >= 0.3 is 0 Å². The van der Waals surface area contributed by atoms with Crippen LogP contribution >= 0.6 is 0 Å². The molecule has 0 amide bonds. The first-order valence-electron chi connectivity index (χ1n) is 7.83. The third-order valence-electron chi connectivity index (χ3n) is 4.89. The molecular weight excluding hydrogens is 227 g/mol. The molecule has 18 heavy (non-hydrogen) atoms. The number of hydrogen-bond acceptors (Lipinski definition) is 1. The van der Waals surface area contributed by atoms with Crippen LogP contribution in [0.3, 0.4) is 0 Å². The molecule has 0 radical (unpaired) electrons. The second kappa shape index (κ2) is 6.16. The molecule has 0 aromatic carbocycles. The van der Waals surface area contributed by atoms with Crippen molar-refractivity contribution in [1.29, 1.82) is 0 Å². The molecule has 0 heterocycles. The quantitative estimate of drug-likeness (QED) is 0.702. The third-order valence-corrected chi connectivity index (χ3v) is 4.89. The van der Waals surface area contributed by atoms with Gasteiger partial charge in [-0.3, -0.25) is 4.79 Å². The number of rotatable bonds is 4. The summed E-state index contributed by atoms with van der Waals surface area (Å²) in [6.45, 7) is 1.54. The standard InChI is InChI=1S/C16H27FO/c1-16(17,12-13-8-4-2-5-9-13)15(18)14-10-6-3-7-11-14/h13-14H,2-12H2,1H3. The van der Waals surface area contributed by atoms with Crippen molar-refractivity contribution in [3.63, 3.8) is 0 Å². The minimum Gasteiger partial charge on any atom is -0.296 e. The van der Waals surface area contributed by atoms with Crippen molar-refractivity contribution in [2.24, 2.45) is 11.8 Å². The number of alkyl halides is 1. The van der Waals surface area contributed by atoms with Gasteiger partial charge in [0.05, 0.1) is 0 Å². The zero-order chi connectivity index (χ0) is 13.0. The molecule has 0 aromatic heterocycles. The Morgan fingerprint density at radius 1 is 1.00 bits per heavy atom. The maximum atomic E-state index is 14.7. The first-order chi connectivity index (χ1) is 8.59. The monoisotopic (exact) mass is 254 g/mol. The lowest BCUT2D eigenvalue weighted by molar-refractivity contribution is -0.136. The number of Topliss-reactive ketones (excluding diaryl/α,β-unsaturated/α-hetero) is 1. The van der Waals surface area contributed by atoms with E-state index in [9.17, 15) is 9.18 Å². The molecule has 0 saturated heterocycles. The third kappa shape index (κ3) is 3.55. The molecule has 2 rings (SSSR count). The van der Waals surface area contributed by atoms with Crippen molar-refractivity contribution in [1.82, 2.24) is 0 Å². The molecule has 104 valence electrons. The van der Waals surface area contributed by atoms with Gasteiger partial charge in [0, 0.05) is 5.92 Å². The molecule has 0 aromatic rings. The van der Waals surface area contributed by atoms with E-state index >= 15 is 0 Å². The lowest BCUT2D eigenvalue weighted by Gasteiger charge is -2.31. The highest BCUT2D eigenvalue weighted by Gasteiger charge is 2.39. The Hall–Kier alpha value is -0.400. The Morgan fingerprint density at radius 2 is 1.50 bits per heavy atom. The summed E-state index contributed by atoms with van der Waals surface area (Å²) in [5, 5.41) is 0. The van der Waals surface area contributed by atoms with Crippen LogP contribution < -0.4 is 0 Å². The van der Waals surface area contributed by atoms with E-state index in [2.05, 4.69) is 0 Å². The molecule has 2 aliphatic rings. The normalized spacial score (nSPS) is 26.8. The van der Waals surface area contributed by atoms with E-state index < -0.39 is 5.67 Å². The molecule has 2 fully saturated rings. The van der Waals surface area contributed by atoms with Crippen molar-refractivity contribution < 1.29 is 9.18 Å². The van der Waals surface area contributed by atoms with Gasteiger partial charge in [0.15, 0.2) is 11.5 Å². The number of halogens is 1. The van der Waals surface area contributed by atoms with E-state index in [4.69, 9.17) is 0 Å². The van der Waals surface area contributed by atoms with Gasteiger partial charge in [-0.25, -0.2) is 4.39 Å². The number of carbonyl (C=O) groups is 1. The summed E-state index contributed by atoms with van der Waals surface area (Å²) in [5.41, 5.74) is -1.57. The van der Waals surface area contributed by atoms with Crippen LogP contribution in [0.25, 0.3) is 0 Å². The van der Waals surface area contributed by atoms with E-state index in [-0.39, 0.29) is 11.7 Å². The van der Waals surface area contributed by atoms with Gasteiger partial charge in [-0.1, -0.05) is 51.4 Å². The van der Waals surface area contributed by atoms with Gasteiger partial charge < -0.3 is 0 Å². The maximum Gasteiger partial charge on any atom is 0.172 e. The SMILES string of the molecule is CC(F)(CC1CCCCC1)C(=O)C1CCCCC1. The second-order valence-electron chi connectivity index (χ2n) is 6.60. The Labute approximate surface area is 111 Å². The molecule has 2 heteroatoms. The molecule has 1 unspecified atom stereocenters. The molecule has 2 aliphatic carbocycles. The van der Waals surface area contributed by atoms with Crippen LogP contribution in [0.15, 0.2) is 0 Å². The van der Waals surface area contributed by atoms with Crippen LogP contribution in [0.5, 0.6) is 0 Å². The van der Waals surface area contributed by atoms with Crippen LogP contribution in [0.4, 0.5) is 4.39 Å². The van der Waals surface area contributed by atoms with E-state index in [1.165, 1.54) is 25.7 Å². The summed E-state index contributed by atoms with van der Waals surface area (Å²) in [6.07, 6.45) is 11.7. The Balaban J connectivity index is 1.89. The Morgan fingerprint density at radius 3 is 2.06 bits per heavy atom. The Bertz CT molecular complexity index is 273. The van der Waals surface area contributed by atoms with Crippen molar-refractivity contribution in [3.05, 3.63) is 0 Å². The molecule has 1 atom stereocenters. The molecule has 0 aliphatic heterocycles. The first-order valence-corrected chi connectivity index (χ1v) is 7.83. The van der Waals surface area contributed by atoms with E-state index in [1.54, 1.807) is 6.92 Å².